The Morgan fingerprint density at radius 1 is 1.00 bits per heavy atom. The molecule has 4 aromatic rings. The number of nitro benzene ring substituents is 1. The molecule has 0 spiro atoms. The Balaban J connectivity index is 1.89. The number of aromatic nitrogens is 2. The normalized spacial score (nSPS) is 11.5. The molecule has 4 rings (SSSR count). The Bertz CT molecular complexity index is 1330. The Kier molecular flexibility index (Phi) is 5.70. The predicted molar refractivity (Wildman–Crippen MR) is 118 cm³/mol. The summed E-state index contributed by atoms with van der Waals surface area (Å²) in [7, 11) is 0. The molecule has 0 bridgehead atoms. The number of alkyl halides is 3. The van der Waals surface area contributed by atoms with Gasteiger partial charge < -0.3 is 5.32 Å². The molecule has 0 unspecified atom stereocenters. The second-order valence-corrected chi connectivity index (χ2v) is 7.67. The minimum Gasteiger partial charge on any atom is -0.340 e. The van der Waals surface area contributed by atoms with Crippen LogP contribution >= 0.6 is 11.8 Å². The Morgan fingerprint density at radius 3 is 2.50 bits per heavy atom. The number of anilines is 2. The van der Waals surface area contributed by atoms with Crippen molar-refractivity contribution in [2.75, 3.05) is 11.6 Å². The number of hydrogen-bond acceptors (Lipinski definition) is 6. The van der Waals surface area contributed by atoms with Crippen molar-refractivity contribution in [3.63, 3.8) is 0 Å². The summed E-state index contributed by atoms with van der Waals surface area (Å²) in [5.41, 5.74) is 0.263. The molecule has 0 aliphatic carbocycles. The van der Waals surface area contributed by atoms with E-state index in [4.69, 9.17) is 0 Å². The molecule has 32 heavy (non-hydrogen) atoms. The molecule has 1 N–H and O–H groups in total. The summed E-state index contributed by atoms with van der Waals surface area (Å²) >= 11 is 1.54. The molecule has 0 atom stereocenters. The lowest BCUT2D eigenvalue weighted by Gasteiger charge is -2.13. The zero-order valence-corrected chi connectivity index (χ0v) is 17.4. The number of nitrogens with one attached hydrogen (secondary N) is 1. The van der Waals surface area contributed by atoms with Crippen LogP contribution in [0.5, 0.6) is 0 Å². The lowest BCUT2D eigenvalue weighted by molar-refractivity contribution is -0.384. The van der Waals surface area contributed by atoms with Gasteiger partial charge >= 0.3 is 6.18 Å². The number of non-ortho nitro benzene ring substituents is 1. The molecule has 10 heteroatoms. The maximum absolute atomic E-state index is 13.2. The molecule has 3 aromatic carbocycles. The number of thioether (sulfide) groups is 1. The van der Waals surface area contributed by atoms with Gasteiger partial charge in [-0.15, -0.1) is 11.8 Å². The van der Waals surface area contributed by atoms with E-state index < -0.39 is 16.7 Å². The molecule has 6 nitrogen and oxygen atoms in total. The van der Waals surface area contributed by atoms with Gasteiger partial charge in [0.15, 0.2) is 5.82 Å². The van der Waals surface area contributed by atoms with Crippen LogP contribution in [-0.2, 0) is 6.18 Å². The highest BCUT2D eigenvalue weighted by Crippen LogP contribution is 2.34. The fourth-order valence-electron chi connectivity index (χ4n) is 3.13. The van der Waals surface area contributed by atoms with Gasteiger partial charge in [-0.2, -0.15) is 13.2 Å². The van der Waals surface area contributed by atoms with Crippen molar-refractivity contribution < 1.29 is 18.1 Å². The molecule has 0 fully saturated rings. The van der Waals surface area contributed by atoms with E-state index in [9.17, 15) is 23.3 Å². The average molecular weight is 456 g/mol. The molecule has 162 valence electrons. The number of fused-ring (bicyclic) bond motifs is 1. The summed E-state index contributed by atoms with van der Waals surface area (Å²) < 4.78 is 39.5. The summed E-state index contributed by atoms with van der Waals surface area (Å²) in [5, 5.41) is 14.8. The highest BCUT2D eigenvalue weighted by atomic mass is 32.2. The van der Waals surface area contributed by atoms with Crippen molar-refractivity contribution in [1.82, 2.24) is 9.97 Å². The maximum atomic E-state index is 13.2. The van der Waals surface area contributed by atoms with Crippen molar-refractivity contribution in [3.8, 4) is 11.4 Å². The molecule has 0 saturated heterocycles. The van der Waals surface area contributed by atoms with Crippen LogP contribution in [0.4, 0.5) is 30.4 Å². The van der Waals surface area contributed by atoms with Gasteiger partial charge in [-0.05, 0) is 42.7 Å². The highest BCUT2D eigenvalue weighted by molar-refractivity contribution is 7.98. The molecular weight excluding hydrogens is 441 g/mol. The third-order valence-electron chi connectivity index (χ3n) is 4.67. The van der Waals surface area contributed by atoms with Crippen LogP contribution in [0.25, 0.3) is 22.3 Å². The lowest BCUT2D eigenvalue weighted by Crippen LogP contribution is -2.05. The van der Waals surface area contributed by atoms with Gasteiger partial charge in [0.25, 0.3) is 5.69 Å². The number of benzene rings is 3. The Morgan fingerprint density at radius 2 is 1.78 bits per heavy atom. The van der Waals surface area contributed by atoms with Gasteiger partial charge in [-0.1, -0.05) is 18.2 Å². The van der Waals surface area contributed by atoms with Crippen molar-refractivity contribution in [3.05, 3.63) is 82.4 Å². The molecular formula is C22H15F3N4O2S. The van der Waals surface area contributed by atoms with Gasteiger partial charge in [-0.25, -0.2) is 9.97 Å². The SMILES string of the molecule is CSc1cccc(Nc2nc(-c3cccc(C(F)(F)F)c3)nc3ccc([N+](=O)[O-])cc23)c1. The van der Waals surface area contributed by atoms with Gasteiger partial charge in [0.05, 0.1) is 16.0 Å². The van der Waals surface area contributed by atoms with Crippen molar-refractivity contribution in [2.24, 2.45) is 0 Å². The Labute approximate surface area is 184 Å². The minimum atomic E-state index is -4.51. The minimum absolute atomic E-state index is 0.0703. The zero-order valence-electron chi connectivity index (χ0n) is 16.6. The van der Waals surface area contributed by atoms with E-state index in [2.05, 4.69) is 15.3 Å². The van der Waals surface area contributed by atoms with Crippen LogP contribution < -0.4 is 5.32 Å². The maximum Gasteiger partial charge on any atom is 0.416 e. The monoisotopic (exact) mass is 456 g/mol. The summed E-state index contributed by atoms with van der Waals surface area (Å²) in [6.07, 6.45) is -2.58. The van der Waals surface area contributed by atoms with Crippen molar-refractivity contribution in [2.45, 2.75) is 11.1 Å². The van der Waals surface area contributed by atoms with Gasteiger partial charge in [-0.3, -0.25) is 10.1 Å². The number of nitrogens with zero attached hydrogens (tertiary/aromatic N) is 3. The second kappa shape index (κ2) is 8.46. The predicted octanol–water partition coefficient (Wildman–Crippen LogP) is 6.69. The van der Waals surface area contributed by atoms with Gasteiger partial charge in [0.2, 0.25) is 0 Å². The van der Waals surface area contributed by atoms with E-state index >= 15 is 0 Å². The van der Waals surface area contributed by atoms with Crippen LogP contribution in [0.2, 0.25) is 0 Å². The van der Waals surface area contributed by atoms with Crippen molar-refractivity contribution in [1.29, 1.82) is 0 Å². The highest BCUT2D eigenvalue weighted by Gasteiger charge is 2.30. The lowest BCUT2D eigenvalue weighted by atomic mass is 10.1. The fraction of sp³-hybridized carbons (Fsp3) is 0.0909. The number of rotatable bonds is 5. The van der Waals surface area contributed by atoms with E-state index in [0.717, 1.165) is 17.0 Å². The summed E-state index contributed by atoms with van der Waals surface area (Å²) in [6, 6.07) is 16.3. The Hall–Kier alpha value is -3.66. The first-order valence-corrected chi connectivity index (χ1v) is 10.5. The van der Waals surface area contributed by atoms with Gasteiger partial charge in [0, 0.05) is 33.7 Å². The first-order chi connectivity index (χ1) is 15.2. The topological polar surface area (TPSA) is 81.0 Å². The van der Waals surface area contributed by atoms with Crippen LogP contribution in [-0.4, -0.2) is 21.1 Å². The summed E-state index contributed by atoms with van der Waals surface area (Å²) in [5.74, 6) is 0.324. The largest absolute Gasteiger partial charge is 0.416 e. The molecule has 0 amide bonds. The van der Waals surface area contributed by atoms with Crippen LogP contribution in [0.3, 0.4) is 0 Å². The van der Waals surface area contributed by atoms with Crippen LogP contribution in [0.1, 0.15) is 5.56 Å². The quantitative estimate of drug-likeness (QED) is 0.205. The molecule has 1 heterocycles. The molecule has 0 aliphatic rings. The van der Waals surface area contributed by atoms with E-state index in [1.807, 2.05) is 24.5 Å². The molecule has 0 saturated carbocycles. The molecule has 0 aliphatic heterocycles. The standard InChI is InChI=1S/C22H15F3N4O2S/c1-32-17-7-3-6-15(11-17)26-21-18-12-16(29(30)31)8-9-19(18)27-20(28-21)13-4-2-5-14(10-13)22(23,24)25/h2-12H,1H3,(H,26,27,28). The second-order valence-electron chi connectivity index (χ2n) is 6.79. The van der Waals surface area contributed by atoms with Crippen LogP contribution in [0, 0.1) is 10.1 Å². The molecule has 0 radical (unpaired) electrons. The van der Waals surface area contributed by atoms with E-state index in [1.165, 1.54) is 42.1 Å². The first-order valence-electron chi connectivity index (χ1n) is 9.29. The van der Waals surface area contributed by atoms with Gasteiger partial charge in [0.1, 0.15) is 5.82 Å². The zero-order chi connectivity index (χ0) is 22.9. The fourth-order valence-corrected chi connectivity index (χ4v) is 3.59. The summed E-state index contributed by atoms with van der Waals surface area (Å²) in [4.78, 5) is 20.5. The van der Waals surface area contributed by atoms with E-state index in [0.29, 0.717) is 16.6 Å². The third kappa shape index (κ3) is 4.50. The third-order valence-corrected chi connectivity index (χ3v) is 5.40. The van der Waals surface area contributed by atoms with E-state index in [-0.39, 0.29) is 22.9 Å². The summed E-state index contributed by atoms with van der Waals surface area (Å²) in [6.45, 7) is 0. The smallest absolute Gasteiger partial charge is 0.340 e. The average Bonchev–Trinajstić information content (AvgIpc) is 2.78. The number of halogens is 3. The first kappa shape index (κ1) is 21.6. The van der Waals surface area contributed by atoms with Crippen molar-refractivity contribution >= 4 is 39.9 Å². The van der Waals surface area contributed by atoms with Crippen LogP contribution in [0.15, 0.2) is 71.6 Å². The number of hydrogen-bond donors (Lipinski definition) is 1. The molecule has 1 aromatic heterocycles. The number of nitro groups is 1. The van der Waals surface area contributed by atoms with E-state index in [1.54, 1.807) is 6.07 Å².